The zero-order valence-corrected chi connectivity index (χ0v) is 11.7. The van der Waals surface area contributed by atoms with Gasteiger partial charge in [-0.3, -0.25) is 4.79 Å². The van der Waals surface area contributed by atoms with E-state index in [-0.39, 0.29) is 12.1 Å². The molecule has 1 aliphatic heterocycles. The largest absolute Gasteiger partial charge is 0.443 e. The summed E-state index contributed by atoms with van der Waals surface area (Å²) in [6, 6.07) is 2.87. The minimum absolute atomic E-state index is 0.0821. The van der Waals surface area contributed by atoms with Gasteiger partial charge >= 0.3 is 12.3 Å². The Morgan fingerprint density at radius 1 is 1.24 bits per heavy atom. The monoisotopic (exact) mass is 301 g/mol. The molecule has 0 aliphatic carbocycles. The summed E-state index contributed by atoms with van der Waals surface area (Å²) < 4.78 is 43.0. The summed E-state index contributed by atoms with van der Waals surface area (Å²) in [5.41, 5.74) is -1.45. The number of hydrogen-bond donors (Lipinski definition) is 0. The summed E-state index contributed by atoms with van der Waals surface area (Å²) in [5.74, 6) is -0.773. The van der Waals surface area contributed by atoms with Crippen LogP contribution in [0.15, 0.2) is 18.2 Å². The minimum atomic E-state index is -4.53. The third-order valence-electron chi connectivity index (χ3n) is 2.86. The van der Waals surface area contributed by atoms with Crippen molar-refractivity contribution in [3.05, 3.63) is 34.9 Å². The molecular formula is C14H14F3NO3. The number of hydrogen-bond acceptors (Lipinski definition) is 3. The van der Waals surface area contributed by atoms with Crippen LogP contribution in [0.2, 0.25) is 0 Å². The molecule has 21 heavy (non-hydrogen) atoms. The molecule has 7 heteroatoms. The van der Waals surface area contributed by atoms with Gasteiger partial charge in [-0.05, 0) is 38.5 Å². The number of nitrogens with zero attached hydrogens (tertiary/aromatic N) is 1. The molecule has 114 valence electrons. The lowest BCUT2D eigenvalue weighted by molar-refractivity contribution is -0.137. The van der Waals surface area contributed by atoms with Gasteiger partial charge in [-0.1, -0.05) is 6.07 Å². The molecule has 1 heterocycles. The molecule has 0 bridgehead atoms. The maximum Gasteiger partial charge on any atom is 0.417 e. The molecule has 4 nitrogen and oxygen atoms in total. The number of carbonyl (C=O) groups excluding carboxylic acids is 2. The normalized spacial score (nSPS) is 15.1. The minimum Gasteiger partial charge on any atom is -0.443 e. The summed E-state index contributed by atoms with van der Waals surface area (Å²) in [7, 11) is 0. The van der Waals surface area contributed by atoms with E-state index in [9.17, 15) is 22.8 Å². The van der Waals surface area contributed by atoms with Crippen molar-refractivity contribution >= 4 is 12.0 Å². The number of ether oxygens (including phenoxy) is 1. The second-order valence-electron chi connectivity index (χ2n) is 5.74. The van der Waals surface area contributed by atoms with Gasteiger partial charge in [0, 0.05) is 5.56 Å². The highest BCUT2D eigenvalue weighted by Gasteiger charge is 2.38. The van der Waals surface area contributed by atoms with E-state index in [2.05, 4.69) is 0 Å². The SMILES string of the molecule is CC(C)(C)OC(=O)N1Cc2ccc(C(F)(F)F)cc2C1=O. The van der Waals surface area contributed by atoms with Gasteiger partial charge in [0.1, 0.15) is 5.60 Å². The van der Waals surface area contributed by atoms with E-state index in [1.54, 1.807) is 20.8 Å². The highest BCUT2D eigenvalue weighted by Crippen LogP contribution is 2.33. The smallest absolute Gasteiger partial charge is 0.417 e. The van der Waals surface area contributed by atoms with E-state index in [0.717, 1.165) is 17.0 Å². The zero-order chi connectivity index (χ0) is 16.0. The first-order valence-electron chi connectivity index (χ1n) is 6.24. The number of carbonyl (C=O) groups is 2. The van der Waals surface area contributed by atoms with Crippen molar-refractivity contribution in [2.75, 3.05) is 0 Å². The standard InChI is InChI=1S/C14H14F3NO3/c1-13(2,3)21-12(20)18-7-8-4-5-9(14(15,16)17)6-10(8)11(18)19/h4-6H,7H2,1-3H3. The number of rotatable bonds is 0. The van der Waals surface area contributed by atoms with E-state index in [0.29, 0.717) is 5.56 Å². The molecular weight excluding hydrogens is 287 g/mol. The maximum absolute atomic E-state index is 12.6. The van der Waals surface area contributed by atoms with Gasteiger partial charge in [-0.2, -0.15) is 13.2 Å². The molecule has 2 amide bonds. The van der Waals surface area contributed by atoms with Crippen LogP contribution in [-0.4, -0.2) is 22.5 Å². The molecule has 0 saturated carbocycles. The molecule has 0 fully saturated rings. The second kappa shape index (κ2) is 4.75. The van der Waals surface area contributed by atoms with Crippen LogP contribution in [-0.2, 0) is 17.5 Å². The molecule has 0 radical (unpaired) electrons. The van der Waals surface area contributed by atoms with Crippen molar-refractivity contribution in [2.24, 2.45) is 0 Å². The number of fused-ring (bicyclic) bond motifs is 1. The van der Waals surface area contributed by atoms with Crippen LogP contribution in [0.5, 0.6) is 0 Å². The van der Waals surface area contributed by atoms with Crippen molar-refractivity contribution in [3.8, 4) is 0 Å². The highest BCUT2D eigenvalue weighted by molar-refractivity contribution is 6.06. The van der Waals surface area contributed by atoms with Crippen LogP contribution in [0, 0.1) is 0 Å². The highest BCUT2D eigenvalue weighted by atomic mass is 19.4. The molecule has 0 unspecified atom stereocenters. The Hall–Kier alpha value is -2.05. The van der Waals surface area contributed by atoms with E-state index >= 15 is 0 Å². The number of halogens is 3. The van der Waals surface area contributed by atoms with Crippen LogP contribution in [0.1, 0.15) is 42.3 Å². The second-order valence-corrected chi connectivity index (χ2v) is 5.74. The van der Waals surface area contributed by atoms with Gasteiger partial charge in [0.15, 0.2) is 0 Å². The van der Waals surface area contributed by atoms with E-state index in [1.165, 1.54) is 6.07 Å². The van der Waals surface area contributed by atoms with Gasteiger partial charge in [-0.15, -0.1) is 0 Å². The molecule has 1 aromatic rings. The lowest BCUT2D eigenvalue weighted by Gasteiger charge is -2.23. The number of imide groups is 1. The predicted octanol–water partition coefficient (Wildman–Crippen LogP) is 3.60. The van der Waals surface area contributed by atoms with Crippen LogP contribution < -0.4 is 0 Å². The average molecular weight is 301 g/mol. The van der Waals surface area contributed by atoms with E-state index in [1.807, 2.05) is 0 Å². The Balaban J connectivity index is 2.27. The first-order valence-corrected chi connectivity index (χ1v) is 6.24. The summed E-state index contributed by atoms with van der Waals surface area (Å²) in [5, 5.41) is 0. The molecule has 0 saturated heterocycles. The molecule has 0 spiro atoms. The summed E-state index contributed by atoms with van der Waals surface area (Å²) >= 11 is 0. The quantitative estimate of drug-likeness (QED) is 0.735. The topological polar surface area (TPSA) is 46.6 Å². The van der Waals surface area contributed by atoms with Crippen molar-refractivity contribution in [3.63, 3.8) is 0 Å². The molecule has 1 aromatic carbocycles. The Labute approximate surface area is 119 Å². The fourth-order valence-corrected chi connectivity index (χ4v) is 1.94. The fourth-order valence-electron chi connectivity index (χ4n) is 1.94. The summed E-state index contributed by atoms with van der Waals surface area (Å²) in [6.07, 6.45) is -5.40. The Bertz CT molecular complexity index is 602. The molecule has 0 atom stereocenters. The van der Waals surface area contributed by atoms with Crippen LogP contribution in [0.25, 0.3) is 0 Å². The average Bonchev–Trinajstić information content (AvgIpc) is 2.63. The third-order valence-corrected chi connectivity index (χ3v) is 2.86. The van der Waals surface area contributed by atoms with Crippen molar-refractivity contribution in [2.45, 2.75) is 39.1 Å². The van der Waals surface area contributed by atoms with Crippen molar-refractivity contribution in [1.29, 1.82) is 0 Å². The van der Waals surface area contributed by atoms with Gasteiger partial charge < -0.3 is 4.74 Å². The number of alkyl halides is 3. The Kier molecular flexibility index (Phi) is 3.47. The van der Waals surface area contributed by atoms with E-state index < -0.39 is 29.3 Å². The lowest BCUT2D eigenvalue weighted by Crippen LogP contribution is -2.36. The maximum atomic E-state index is 12.6. The lowest BCUT2D eigenvalue weighted by atomic mass is 10.1. The van der Waals surface area contributed by atoms with Gasteiger partial charge in [-0.25, -0.2) is 9.69 Å². The van der Waals surface area contributed by atoms with Gasteiger partial charge in [0.2, 0.25) is 0 Å². The van der Waals surface area contributed by atoms with Crippen molar-refractivity contribution in [1.82, 2.24) is 4.90 Å². The molecule has 0 aromatic heterocycles. The fraction of sp³-hybridized carbons (Fsp3) is 0.429. The Morgan fingerprint density at radius 2 is 1.86 bits per heavy atom. The van der Waals surface area contributed by atoms with Crippen molar-refractivity contribution < 1.29 is 27.5 Å². The number of benzene rings is 1. The molecule has 1 aliphatic rings. The summed E-state index contributed by atoms with van der Waals surface area (Å²) in [6.45, 7) is 4.84. The van der Waals surface area contributed by atoms with Gasteiger partial charge in [0.25, 0.3) is 5.91 Å². The predicted molar refractivity (Wildman–Crippen MR) is 67.6 cm³/mol. The molecule has 0 N–H and O–H groups in total. The zero-order valence-electron chi connectivity index (χ0n) is 11.7. The Morgan fingerprint density at radius 3 is 2.38 bits per heavy atom. The first-order chi connectivity index (χ1) is 9.49. The van der Waals surface area contributed by atoms with Crippen LogP contribution >= 0.6 is 0 Å². The summed E-state index contributed by atoms with van der Waals surface area (Å²) in [4.78, 5) is 24.7. The molecule has 2 rings (SSSR count). The van der Waals surface area contributed by atoms with Gasteiger partial charge in [0.05, 0.1) is 12.1 Å². The number of amides is 2. The first kappa shape index (κ1) is 15.3. The van der Waals surface area contributed by atoms with E-state index in [4.69, 9.17) is 4.74 Å². The van der Waals surface area contributed by atoms with Crippen LogP contribution in [0.4, 0.5) is 18.0 Å². The third kappa shape index (κ3) is 3.17. The van der Waals surface area contributed by atoms with Crippen LogP contribution in [0.3, 0.4) is 0 Å².